The SMILES string of the molecule is OC1(COc2cccc3ccccc23)CCN(Cc2ccccc2)CC1. The molecule has 3 heteroatoms. The van der Waals surface area contributed by atoms with Crippen LogP contribution < -0.4 is 4.74 Å². The molecule has 0 unspecified atom stereocenters. The molecule has 1 aliphatic rings. The first-order valence-electron chi connectivity index (χ1n) is 9.31. The van der Waals surface area contributed by atoms with E-state index in [2.05, 4.69) is 47.4 Å². The number of hydrogen-bond donors (Lipinski definition) is 1. The Hall–Kier alpha value is -2.36. The number of likely N-dealkylation sites (tertiary alicyclic amines) is 1. The van der Waals surface area contributed by atoms with Crippen LogP contribution in [0.3, 0.4) is 0 Å². The minimum atomic E-state index is -0.746. The van der Waals surface area contributed by atoms with Gasteiger partial charge < -0.3 is 9.84 Å². The van der Waals surface area contributed by atoms with Crippen molar-refractivity contribution in [2.24, 2.45) is 0 Å². The molecule has 1 heterocycles. The number of hydrogen-bond acceptors (Lipinski definition) is 3. The number of fused-ring (bicyclic) bond motifs is 1. The summed E-state index contributed by atoms with van der Waals surface area (Å²) in [7, 11) is 0. The lowest BCUT2D eigenvalue weighted by Crippen LogP contribution is -2.47. The van der Waals surface area contributed by atoms with Gasteiger partial charge in [0.1, 0.15) is 18.0 Å². The summed E-state index contributed by atoms with van der Waals surface area (Å²) < 4.78 is 6.05. The zero-order valence-corrected chi connectivity index (χ0v) is 15.0. The molecule has 134 valence electrons. The lowest BCUT2D eigenvalue weighted by Gasteiger charge is -2.38. The molecule has 1 saturated heterocycles. The second-order valence-electron chi connectivity index (χ2n) is 7.25. The summed E-state index contributed by atoms with van der Waals surface area (Å²) in [4.78, 5) is 2.40. The van der Waals surface area contributed by atoms with E-state index >= 15 is 0 Å². The Balaban J connectivity index is 1.35. The van der Waals surface area contributed by atoms with Crippen LogP contribution in [0.15, 0.2) is 72.8 Å². The number of ether oxygens (including phenoxy) is 1. The van der Waals surface area contributed by atoms with Crippen LogP contribution in [0, 0.1) is 0 Å². The van der Waals surface area contributed by atoms with Gasteiger partial charge in [0.25, 0.3) is 0 Å². The molecular weight excluding hydrogens is 322 g/mol. The third kappa shape index (κ3) is 3.90. The van der Waals surface area contributed by atoms with E-state index in [0.29, 0.717) is 6.61 Å². The fourth-order valence-corrected chi connectivity index (χ4v) is 3.65. The van der Waals surface area contributed by atoms with Gasteiger partial charge >= 0.3 is 0 Å². The van der Waals surface area contributed by atoms with Gasteiger partial charge in [-0.05, 0) is 29.9 Å². The summed E-state index contributed by atoms with van der Waals surface area (Å²) in [6, 6.07) is 24.8. The average molecular weight is 347 g/mol. The normalized spacial score (nSPS) is 17.3. The van der Waals surface area contributed by atoms with Crippen LogP contribution >= 0.6 is 0 Å². The number of rotatable bonds is 5. The highest BCUT2D eigenvalue weighted by molar-refractivity contribution is 5.88. The highest BCUT2D eigenvalue weighted by Gasteiger charge is 2.33. The lowest BCUT2D eigenvalue weighted by atomic mass is 9.92. The Morgan fingerprint density at radius 1 is 0.846 bits per heavy atom. The fourth-order valence-electron chi connectivity index (χ4n) is 3.65. The molecule has 1 aliphatic heterocycles. The van der Waals surface area contributed by atoms with Crippen molar-refractivity contribution in [2.45, 2.75) is 25.0 Å². The quantitative estimate of drug-likeness (QED) is 0.749. The standard InChI is InChI=1S/C23H25NO2/c25-23(13-15-24(16-14-23)17-19-7-2-1-3-8-19)18-26-22-12-6-10-20-9-4-5-11-21(20)22/h1-12,25H,13-18H2. The van der Waals surface area contributed by atoms with Crippen LogP contribution in [0.4, 0.5) is 0 Å². The minimum absolute atomic E-state index is 0.347. The van der Waals surface area contributed by atoms with Crippen LogP contribution in [-0.4, -0.2) is 35.3 Å². The van der Waals surface area contributed by atoms with Gasteiger partial charge in [-0.15, -0.1) is 0 Å². The van der Waals surface area contributed by atoms with Crippen molar-refractivity contribution in [1.82, 2.24) is 4.90 Å². The predicted octanol–water partition coefficient (Wildman–Crippen LogP) is 4.25. The van der Waals surface area contributed by atoms with Crippen LogP contribution in [0.25, 0.3) is 10.8 Å². The van der Waals surface area contributed by atoms with E-state index in [0.717, 1.165) is 49.0 Å². The van der Waals surface area contributed by atoms with E-state index in [1.165, 1.54) is 5.56 Å². The van der Waals surface area contributed by atoms with Gasteiger partial charge in [0, 0.05) is 25.0 Å². The highest BCUT2D eigenvalue weighted by Crippen LogP contribution is 2.28. The molecule has 0 atom stereocenters. The highest BCUT2D eigenvalue weighted by atomic mass is 16.5. The van der Waals surface area contributed by atoms with Crippen molar-refractivity contribution in [3.63, 3.8) is 0 Å². The molecule has 1 N–H and O–H groups in total. The van der Waals surface area contributed by atoms with Crippen molar-refractivity contribution in [1.29, 1.82) is 0 Å². The zero-order chi connectivity index (χ0) is 17.8. The van der Waals surface area contributed by atoms with Crippen molar-refractivity contribution in [2.75, 3.05) is 19.7 Å². The summed E-state index contributed by atoms with van der Waals surface area (Å²) in [6.07, 6.45) is 1.48. The monoisotopic (exact) mass is 347 g/mol. The fraction of sp³-hybridized carbons (Fsp3) is 0.304. The molecule has 0 saturated carbocycles. The Labute approximate surface area is 154 Å². The van der Waals surface area contributed by atoms with Gasteiger partial charge in [-0.25, -0.2) is 0 Å². The van der Waals surface area contributed by atoms with Gasteiger partial charge in [-0.1, -0.05) is 66.7 Å². The second-order valence-corrected chi connectivity index (χ2v) is 7.25. The molecule has 26 heavy (non-hydrogen) atoms. The number of benzene rings is 3. The zero-order valence-electron chi connectivity index (χ0n) is 15.0. The van der Waals surface area contributed by atoms with Crippen molar-refractivity contribution in [3.8, 4) is 5.75 Å². The first-order chi connectivity index (χ1) is 12.7. The molecule has 0 spiro atoms. The third-order valence-electron chi connectivity index (χ3n) is 5.28. The van der Waals surface area contributed by atoms with E-state index < -0.39 is 5.60 Å². The topological polar surface area (TPSA) is 32.7 Å². The maximum Gasteiger partial charge on any atom is 0.127 e. The average Bonchev–Trinajstić information content (AvgIpc) is 2.69. The molecule has 4 rings (SSSR count). The number of piperidine rings is 1. The smallest absolute Gasteiger partial charge is 0.127 e. The molecule has 0 bridgehead atoms. The van der Waals surface area contributed by atoms with Gasteiger partial charge in [0.15, 0.2) is 0 Å². The molecule has 0 radical (unpaired) electrons. The Morgan fingerprint density at radius 3 is 2.35 bits per heavy atom. The van der Waals surface area contributed by atoms with Crippen molar-refractivity contribution in [3.05, 3.63) is 78.4 Å². The van der Waals surface area contributed by atoms with E-state index in [1.54, 1.807) is 0 Å². The maximum atomic E-state index is 10.9. The van der Waals surface area contributed by atoms with E-state index in [1.807, 2.05) is 30.3 Å². The summed E-state index contributed by atoms with van der Waals surface area (Å²) in [5.74, 6) is 0.850. The Bertz CT molecular complexity index is 849. The molecule has 3 aromatic carbocycles. The van der Waals surface area contributed by atoms with Crippen LogP contribution in [0.2, 0.25) is 0 Å². The molecule has 3 nitrogen and oxygen atoms in total. The summed E-state index contributed by atoms with van der Waals surface area (Å²) in [6.45, 7) is 3.08. The van der Waals surface area contributed by atoms with Crippen LogP contribution in [0.1, 0.15) is 18.4 Å². The molecule has 0 amide bonds. The molecular formula is C23H25NO2. The van der Waals surface area contributed by atoms with Gasteiger partial charge in [0.2, 0.25) is 0 Å². The predicted molar refractivity (Wildman–Crippen MR) is 105 cm³/mol. The number of nitrogens with zero attached hydrogens (tertiary/aromatic N) is 1. The lowest BCUT2D eigenvalue weighted by molar-refractivity contribution is -0.0534. The summed E-state index contributed by atoms with van der Waals surface area (Å²) in [5.41, 5.74) is 0.578. The van der Waals surface area contributed by atoms with E-state index in [9.17, 15) is 5.11 Å². The third-order valence-corrected chi connectivity index (χ3v) is 5.28. The molecule has 3 aromatic rings. The van der Waals surface area contributed by atoms with Crippen molar-refractivity contribution >= 4 is 10.8 Å². The van der Waals surface area contributed by atoms with Crippen LogP contribution in [-0.2, 0) is 6.54 Å². The summed E-state index contributed by atoms with van der Waals surface area (Å²) in [5, 5.41) is 13.2. The van der Waals surface area contributed by atoms with E-state index in [4.69, 9.17) is 4.74 Å². The Kier molecular flexibility index (Phi) is 4.91. The Morgan fingerprint density at radius 2 is 1.54 bits per heavy atom. The largest absolute Gasteiger partial charge is 0.490 e. The molecule has 0 aliphatic carbocycles. The van der Waals surface area contributed by atoms with Crippen molar-refractivity contribution < 1.29 is 9.84 Å². The first kappa shape index (κ1) is 17.1. The number of aliphatic hydroxyl groups is 1. The van der Waals surface area contributed by atoms with Gasteiger partial charge in [0.05, 0.1) is 0 Å². The molecule has 0 aromatic heterocycles. The minimum Gasteiger partial charge on any atom is -0.490 e. The summed E-state index contributed by atoms with van der Waals surface area (Å²) >= 11 is 0. The van der Waals surface area contributed by atoms with E-state index in [-0.39, 0.29) is 0 Å². The van der Waals surface area contributed by atoms with Gasteiger partial charge in [-0.3, -0.25) is 4.90 Å². The van der Waals surface area contributed by atoms with Crippen LogP contribution in [0.5, 0.6) is 5.75 Å². The van der Waals surface area contributed by atoms with Gasteiger partial charge in [-0.2, -0.15) is 0 Å². The maximum absolute atomic E-state index is 10.9. The second kappa shape index (κ2) is 7.48. The molecule has 1 fully saturated rings. The first-order valence-corrected chi connectivity index (χ1v) is 9.31.